The van der Waals surface area contributed by atoms with E-state index in [1.54, 1.807) is 28.8 Å². The smallest absolute Gasteiger partial charge is 0.243 e. The standard InChI is InChI=1S/C28H30Cl2N2O2S/c1-3-31-28(34)26(16-21-9-5-4-6-10-21)32(17-22-12-13-24(29)25(30)15-22)27(33)19-35-18-23-11-7-8-20(2)14-23/h4-15,26H,3,16-19H2,1-2H3,(H,31,34)/t26-/m1/s1. The third kappa shape index (κ3) is 8.31. The Kier molecular flexibility index (Phi) is 10.5. The van der Waals surface area contributed by atoms with Gasteiger partial charge in [0.1, 0.15) is 6.04 Å². The molecule has 4 nitrogen and oxygen atoms in total. The second kappa shape index (κ2) is 13.6. The fraction of sp³-hybridized carbons (Fsp3) is 0.286. The number of hydrogen-bond acceptors (Lipinski definition) is 3. The van der Waals surface area contributed by atoms with Gasteiger partial charge in [-0.05, 0) is 42.7 Å². The number of carbonyl (C=O) groups is 2. The number of hydrogen-bond donors (Lipinski definition) is 1. The van der Waals surface area contributed by atoms with E-state index in [4.69, 9.17) is 23.2 Å². The lowest BCUT2D eigenvalue weighted by Gasteiger charge is -2.31. The van der Waals surface area contributed by atoms with Crippen molar-refractivity contribution in [3.63, 3.8) is 0 Å². The van der Waals surface area contributed by atoms with Gasteiger partial charge in [-0.3, -0.25) is 9.59 Å². The number of amides is 2. The highest BCUT2D eigenvalue weighted by molar-refractivity contribution is 7.99. The molecule has 0 bridgehead atoms. The third-order valence-corrected chi connectivity index (χ3v) is 7.26. The molecule has 1 N–H and O–H groups in total. The highest BCUT2D eigenvalue weighted by atomic mass is 35.5. The van der Waals surface area contributed by atoms with E-state index in [0.29, 0.717) is 23.0 Å². The second-order valence-electron chi connectivity index (χ2n) is 8.35. The first-order chi connectivity index (χ1) is 16.9. The van der Waals surface area contributed by atoms with Crippen LogP contribution < -0.4 is 5.32 Å². The van der Waals surface area contributed by atoms with Crippen LogP contribution in [-0.4, -0.2) is 35.1 Å². The summed E-state index contributed by atoms with van der Waals surface area (Å²) in [4.78, 5) is 28.4. The van der Waals surface area contributed by atoms with Crippen LogP contribution in [0, 0.1) is 6.92 Å². The molecule has 0 saturated carbocycles. The lowest BCUT2D eigenvalue weighted by atomic mass is 10.0. The molecule has 3 rings (SSSR count). The highest BCUT2D eigenvalue weighted by Gasteiger charge is 2.30. The third-order valence-electron chi connectivity index (χ3n) is 5.54. The van der Waals surface area contributed by atoms with Gasteiger partial charge in [-0.15, -0.1) is 11.8 Å². The molecule has 3 aromatic carbocycles. The van der Waals surface area contributed by atoms with E-state index in [9.17, 15) is 9.59 Å². The second-order valence-corrected chi connectivity index (χ2v) is 10.2. The largest absolute Gasteiger partial charge is 0.355 e. The molecule has 0 aliphatic heterocycles. The summed E-state index contributed by atoms with van der Waals surface area (Å²) in [6.45, 7) is 4.68. The van der Waals surface area contributed by atoms with Crippen LogP contribution in [0.3, 0.4) is 0 Å². The lowest BCUT2D eigenvalue weighted by molar-refractivity contribution is -0.139. The Morgan fingerprint density at radius 1 is 0.914 bits per heavy atom. The van der Waals surface area contributed by atoms with Gasteiger partial charge in [0, 0.05) is 25.3 Å². The van der Waals surface area contributed by atoms with Gasteiger partial charge < -0.3 is 10.2 Å². The van der Waals surface area contributed by atoms with Gasteiger partial charge in [0.25, 0.3) is 0 Å². The van der Waals surface area contributed by atoms with Crippen LogP contribution in [0.4, 0.5) is 0 Å². The normalized spacial score (nSPS) is 11.7. The van der Waals surface area contributed by atoms with Crippen molar-refractivity contribution in [2.45, 2.75) is 38.6 Å². The van der Waals surface area contributed by atoms with Gasteiger partial charge in [0.05, 0.1) is 15.8 Å². The van der Waals surface area contributed by atoms with Crippen molar-refractivity contribution in [3.05, 3.63) is 105 Å². The molecule has 1 atom stereocenters. The maximum absolute atomic E-state index is 13.6. The molecule has 0 radical (unpaired) electrons. The van der Waals surface area contributed by atoms with E-state index in [1.807, 2.05) is 49.4 Å². The minimum Gasteiger partial charge on any atom is -0.355 e. The first-order valence-electron chi connectivity index (χ1n) is 11.6. The zero-order valence-corrected chi connectivity index (χ0v) is 22.3. The minimum atomic E-state index is -0.654. The number of nitrogens with one attached hydrogen (secondary N) is 1. The molecule has 0 unspecified atom stereocenters. The van der Waals surface area contributed by atoms with Crippen LogP contribution in [0.25, 0.3) is 0 Å². The van der Waals surface area contributed by atoms with Crippen molar-refractivity contribution < 1.29 is 9.59 Å². The Morgan fingerprint density at radius 2 is 1.66 bits per heavy atom. The molecule has 0 heterocycles. The molecule has 35 heavy (non-hydrogen) atoms. The SMILES string of the molecule is CCNC(=O)[C@@H](Cc1ccccc1)N(Cc1ccc(Cl)c(Cl)c1)C(=O)CSCc1cccc(C)c1. The van der Waals surface area contributed by atoms with Crippen LogP contribution >= 0.6 is 35.0 Å². The fourth-order valence-electron chi connectivity index (χ4n) is 3.82. The van der Waals surface area contributed by atoms with E-state index in [1.165, 1.54) is 11.1 Å². The molecule has 0 aromatic heterocycles. The van der Waals surface area contributed by atoms with Gasteiger partial charge in [-0.1, -0.05) is 89.4 Å². The number of thioether (sulfide) groups is 1. The summed E-state index contributed by atoms with van der Waals surface area (Å²) in [5.41, 5.74) is 4.17. The maximum atomic E-state index is 13.6. The summed E-state index contributed by atoms with van der Waals surface area (Å²) in [7, 11) is 0. The number of nitrogens with zero attached hydrogens (tertiary/aromatic N) is 1. The van der Waals surface area contributed by atoms with E-state index < -0.39 is 6.04 Å². The van der Waals surface area contributed by atoms with Crippen LogP contribution in [-0.2, 0) is 28.3 Å². The van der Waals surface area contributed by atoms with Gasteiger partial charge in [-0.2, -0.15) is 0 Å². The Balaban J connectivity index is 1.84. The molecule has 2 amide bonds. The average Bonchev–Trinajstić information content (AvgIpc) is 2.84. The number of aryl methyl sites for hydroxylation is 1. The zero-order chi connectivity index (χ0) is 25.2. The summed E-state index contributed by atoms with van der Waals surface area (Å²) in [5, 5.41) is 3.78. The Bertz CT molecular complexity index is 1140. The summed E-state index contributed by atoms with van der Waals surface area (Å²) in [5.74, 6) is 0.716. The quantitative estimate of drug-likeness (QED) is 0.317. The Labute approximate surface area is 222 Å². The van der Waals surface area contributed by atoms with Crippen LogP contribution in [0.15, 0.2) is 72.8 Å². The summed E-state index contributed by atoms with van der Waals surface area (Å²) in [6, 6.07) is 22.7. The van der Waals surface area contributed by atoms with E-state index >= 15 is 0 Å². The van der Waals surface area contributed by atoms with E-state index in [2.05, 4.69) is 30.4 Å². The van der Waals surface area contributed by atoms with Gasteiger partial charge in [0.2, 0.25) is 11.8 Å². The lowest BCUT2D eigenvalue weighted by Crippen LogP contribution is -2.51. The average molecular weight is 530 g/mol. The highest BCUT2D eigenvalue weighted by Crippen LogP contribution is 2.25. The predicted molar refractivity (Wildman–Crippen MR) is 147 cm³/mol. The van der Waals surface area contributed by atoms with Crippen molar-refractivity contribution in [2.24, 2.45) is 0 Å². The van der Waals surface area contributed by atoms with Crippen LogP contribution in [0.1, 0.15) is 29.2 Å². The molecule has 0 aliphatic rings. The molecule has 7 heteroatoms. The zero-order valence-electron chi connectivity index (χ0n) is 20.0. The number of halogens is 2. The molecular weight excluding hydrogens is 499 g/mol. The molecular formula is C28H30Cl2N2O2S. The molecule has 184 valence electrons. The summed E-state index contributed by atoms with van der Waals surface area (Å²) >= 11 is 13.9. The summed E-state index contributed by atoms with van der Waals surface area (Å²) < 4.78 is 0. The number of likely N-dealkylation sites (N-methyl/N-ethyl adjacent to an activating group) is 1. The Hall–Kier alpha value is -2.47. The monoisotopic (exact) mass is 528 g/mol. The molecule has 0 aliphatic carbocycles. The van der Waals surface area contributed by atoms with E-state index in [0.717, 1.165) is 16.9 Å². The molecule has 0 fully saturated rings. The van der Waals surface area contributed by atoms with Crippen LogP contribution in [0.5, 0.6) is 0 Å². The fourth-order valence-corrected chi connectivity index (χ4v) is 5.00. The Morgan fingerprint density at radius 3 is 2.34 bits per heavy atom. The maximum Gasteiger partial charge on any atom is 0.243 e. The van der Waals surface area contributed by atoms with E-state index in [-0.39, 0.29) is 24.1 Å². The number of rotatable bonds is 11. The van der Waals surface area contributed by atoms with Crippen molar-refractivity contribution in [3.8, 4) is 0 Å². The summed E-state index contributed by atoms with van der Waals surface area (Å²) in [6.07, 6.45) is 0.419. The van der Waals surface area contributed by atoms with Gasteiger partial charge in [-0.25, -0.2) is 0 Å². The number of benzene rings is 3. The van der Waals surface area contributed by atoms with Crippen molar-refractivity contribution >= 4 is 46.8 Å². The van der Waals surface area contributed by atoms with Crippen molar-refractivity contribution in [2.75, 3.05) is 12.3 Å². The van der Waals surface area contributed by atoms with Crippen LogP contribution in [0.2, 0.25) is 10.0 Å². The first-order valence-corrected chi connectivity index (χ1v) is 13.5. The predicted octanol–water partition coefficient (Wildman–Crippen LogP) is 6.31. The minimum absolute atomic E-state index is 0.0964. The van der Waals surface area contributed by atoms with Gasteiger partial charge >= 0.3 is 0 Å². The molecule has 0 spiro atoms. The van der Waals surface area contributed by atoms with Crippen molar-refractivity contribution in [1.82, 2.24) is 10.2 Å². The van der Waals surface area contributed by atoms with Gasteiger partial charge in [0.15, 0.2) is 0 Å². The topological polar surface area (TPSA) is 49.4 Å². The molecule has 3 aromatic rings. The first kappa shape index (κ1) is 27.1. The van der Waals surface area contributed by atoms with Crippen molar-refractivity contribution in [1.29, 1.82) is 0 Å². The molecule has 0 saturated heterocycles. The number of carbonyl (C=O) groups excluding carboxylic acids is 2.